The number of carbonyl (C=O) groups is 2. The van der Waals surface area contributed by atoms with Gasteiger partial charge in [0.15, 0.2) is 5.78 Å². The van der Waals surface area contributed by atoms with Crippen LogP contribution in [0.4, 0.5) is 4.39 Å². The number of ether oxygens (including phenoxy) is 3. The number of hydrogen-bond acceptors (Lipinski definition) is 6. The molecule has 0 saturated heterocycles. The molecular formula is C23H28FNO6. The van der Waals surface area contributed by atoms with Crippen molar-refractivity contribution in [1.82, 2.24) is 5.32 Å². The molecule has 2 N–H and O–H groups in total. The third-order valence-electron chi connectivity index (χ3n) is 4.83. The fourth-order valence-corrected chi connectivity index (χ4v) is 3.22. The number of halogens is 1. The van der Waals surface area contributed by atoms with Crippen molar-refractivity contribution in [1.29, 1.82) is 0 Å². The minimum atomic E-state index is -1.06. The van der Waals surface area contributed by atoms with E-state index in [-0.39, 0.29) is 24.8 Å². The molecule has 2 aromatic rings. The van der Waals surface area contributed by atoms with Crippen LogP contribution < -0.4 is 14.8 Å². The largest absolute Gasteiger partial charge is 0.496 e. The third kappa shape index (κ3) is 7.34. The van der Waals surface area contributed by atoms with Crippen molar-refractivity contribution in [2.75, 3.05) is 34.0 Å². The van der Waals surface area contributed by atoms with Gasteiger partial charge in [-0.3, -0.25) is 4.79 Å². The molecule has 0 amide bonds. The molecule has 0 aliphatic rings. The summed E-state index contributed by atoms with van der Waals surface area (Å²) >= 11 is 0. The second-order valence-electron chi connectivity index (χ2n) is 6.99. The number of Topliss-reactive ketones (excluding diaryl/α,β-unsaturated/α-hetero) is 1. The number of hydrogen-bond donors (Lipinski definition) is 2. The molecule has 0 aliphatic heterocycles. The Hall–Kier alpha value is -2.97. The van der Waals surface area contributed by atoms with E-state index in [4.69, 9.17) is 19.3 Å². The van der Waals surface area contributed by atoms with Gasteiger partial charge in [-0.1, -0.05) is 12.1 Å². The normalized spacial score (nSPS) is 11.7. The minimum absolute atomic E-state index is 0.136. The Morgan fingerprint density at radius 1 is 1.13 bits per heavy atom. The van der Waals surface area contributed by atoms with Crippen LogP contribution in [0.3, 0.4) is 0 Å². The fraction of sp³-hybridized carbons (Fsp3) is 0.391. The Morgan fingerprint density at radius 3 is 2.39 bits per heavy atom. The Balaban J connectivity index is 2.17. The number of carboxylic acid groups (broad SMARTS) is 1. The second kappa shape index (κ2) is 12.0. The SMILES string of the molecule is COc1cc(C(=O)C(CCc2cccc(F)c2)NCCOCC(=O)O)cc(OC)c1C. The highest BCUT2D eigenvalue weighted by molar-refractivity contribution is 6.01. The monoisotopic (exact) mass is 433 g/mol. The zero-order valence-electron chi connectivity index (χ0n) is 17.9. The lowest BCUT2D eigenvalue weighted by Crippen LogP contribution is -2.39. The van der Waals surface area contributed by atoms with E-state index in [2.05, 4.69) is 5.32 Å². The topological polar surface area (TPSA) is 94.1 Å². The first kappa shape index (κ1) is 24.3. The summed E-state index contributed by atoms with van der Waals surface area (Å²) in [6, 6.07) is 8.98. The molecule has 8 heteroatoms. The van der Waals surface area contributed by atoms with Crippen molar-refractivity contribution in [3.63, 3.8) is 0 Å². The summed E-state index contributed by atoms with van der Waals surface area (Å²) in [6.45, 7) is 1.85. The van der Waals surface area contributed by atoms with Crippen LogP contribution in [0.15, 0.2) is 36.4 Å². The predicted octanol–water partition coefficient (Wildman–Crippen LogP) is 3.03. The summed E-state index contributed by atoms with van der Waals surface area (Å²) in [7, 11) is 3.05. The number of methoxy groups -OCH3 is 2. The van der Waals surface area contributed by atoms with Crippen molar-refractivity contribution in [3.8, 4) is 11.5 Å². The van der Waals surface area contributed by atoms with Crippen LogP contribution in [0, 0.1) is 12.7 Å². The van der Waals surface area contributed by atoms with Crippen molar-refractivity contribution >= 4 is 11.8 Å². The van der Waals surface area contributed by atoms with E-state index in [0.29, 0.717) is 29.9 Å². The maximum atomic E-state index is 13.5. The summed E-state index contributed by atoms with van der Waals surface area (Å²) in [5.74, 6) is -0.486. The molecule has 2 rings (SSSR count). The van der Waals surface area contributed by atoms with E-state index in [1.807, 2.05) is 6.92 Å². The van der Waals surface area contributed by atoms with Gasteiger partial charge in [0.1, 0.15) is 23.9 Å². The molecule has 1 unspecified atom stereocenters. The fourth-order valence-electron chi connectivity index (χ4n) is 3.22. The summed E-state index contributed by atoms with van der Waals surface area (Å²) < 4.78 is 29.3. The first-order valence-corrected chi connectivity index (χ1v) is 9.90. The highest BCUT2D eigenvalue weighted by Crippen LogP contribution is 2.30. The molecule has 0 aromatic heterocycles. The van der Waals surface area contributed by atoms with Crippen LogP contribution in [0.5, 0.6) is 11.5 Å². The summed E-state index contributed by atoms with van der Waals surface area (Å²) in [6.07, 6.45) is 0.900. The lowest BCUT2D eigenvalue weighted by Gasteiger charge is -2.19. The van der Waals surface area contributed by atoms with Crippen molar-refractivity contribution in [2.45, 2.75) is 25.8 Å². The zero-order valence-corrected chi connectivity index (χ0v) is 17.9. The van der Waals surface area contributed by atoms with Gasteiger partial charge >= 0.3 is 5.97 Å². The number of nitrogens with one attached hydrogen (secondary N) is 1. The minimum Gasteiger partial charge on any atom is -0.496 e. The summed E-state index contributed by atoms with van der Waals surface area (Å²) in [4.78, 5) is 23.8. The van der Waals surface area contributed by atoms with Gasteiger partial charge in [0.05, 0.1) is 26.9 Å². The molecular weight excluding hydrogens is 405 g/mol. The molecule has 1 atom stereocenters. The van der Waals surface area contributed by atoms with Gasteiger partial charge in [0.25, 0.3) is 0 Å². The lowest BCUT2D eigenvalue weighted by molar-refractivity contribution is -0.142. The van der Waals surface area contributed by atoms with Crippen LogP contribution in [0.2, 0.25) is 0 Å². The number of benzene rings is 2. The number of ketones is 1. The van der Waals surface area contributed by atoms with Gasteiger partial charge in [-0.15, -0.1) is 0 Å². The maximum absolute atomic E-state index is 13.5. The van der Waals surface area contributed by atoms with Crippen molar-refractivity contribution in [3.05, 3.63) is 58.9 Å². The summed E-state index contributed by atoms with van der Waals surface area (Å²) in [5, 5.41) is 11.8. The highest BCUT2D eigenvalue weighted by atomic mass is 19.1. The number of carbonyl (C=O) groups excluding carboxylic acids is 1. The Kier molecular flexibility index (Phi) is 9.42. The standard InChI is InChI=1S/C23H28FNO6/c1-15-20(29-2)12-17(13-21(15)30-3)23(28)19(25-9-10-31-14-22(26)27)8-7-16-5-4-6-18(24)11-16/h4-6,11-13,19,25H,7-10,14H2,1-3H3,(H,26,27). The number of carboxylic acids is 1. The van der Waals surface area contributed by atoms with Gasteiger partial charge in [0.2, 0.25) is 0 Å². The van der Waals surface area contributed by atoms with Crippen LogP contribution in [-0.4, -0.2) is 56.9 Å². The average Bonchev–Trinajstić information content (AvgIpc) is 2.75. The molecule has 0 bridgehead atoms. The van der Waals surface area contributed by atoms with Crippen LogP contribution in [0.25, 0.3) is 0 Å². The number of rotatable bonds is 13. The maximum Gasteiger partial charge on any atom is 0.329 e. The summed E-state index contributed by atoms with van der Waals surface area (Å²) in [5.41, 5.74) is 1.98. The third-order valence-corrected chi connectivity index (χ3v) is 4.83. The molecule has 0 aliphatic carbocycles. The van der Waals surface area contributed by atoms with Gasteiger partial charge in [-0.2, -0.15) is 0 Å². The molecule has 2 aromatic carbocycles. The average molecular weight is 433 g/mol. The van der Waals surface area contributed by atoms with Crippen molar-refractivity contribution in [2.24, 2.45) is 0 Å². The number of aliphatic carboxylic acids is 1. The molecule has 0 fully saturated rings. The quantitative estimate of drug-likeness (QED) is 0.370. The highest BCUT2D eigenvalue weighted by Gasteiger charge is 2.22. The van der Waals surface area contributed by atoms with Crippen LogP contribution in [0.1, 0.15) is 27.9 Å². The predicted molar refractivity (Wildman–Crippen MR) is 114 cm³/mol. The lowest BCUT2D eigenvalue weighted by atomic mass is 9.96. The van der Waals surface area contributed by atoms with Gasteiger partial charge in [-0.05, 0) is 49.6 Å². The van der Waals surface area contributed by atoms with Crippen molar-refractivity contribution < 1.29 is 33.3 Å². The molecule has 7 nitrogen and oxygen atoms in total. The van der Waals surface area contributed by atoms with Crippen LogP contribution in [-0.2, 0) is 16.0 Å². The van der Waals surface area contributed by atoms with Gasteiger partial charge in [-0.25, -0.2) is 9.18 Å². The molecule has 0 spiro atoms. The smallest absolute Gasteiger partial charge is 0.329 e. The zero-order chi connectivity index (χ0) is 22.8. The van der Waals surface area contributed by atoms with E-state index < -0.39 is 18.6 Å². The Bertz CT molecular complexity index is 876. The van der Waals surface area contributed by atoms with E-state index in [1.54, 1.807) is 24.3 Å². The van der Waals surface area contributed by atoms with E-state index >= 15 is 0 Å². The first-order valence-electron chi connectivity index (χ1n) is 9.90. The second-order valence-corrected chi connectivity index (χ2v) is 6.99. The van der Waals surface area contributed by atoms with Gasteiger partial charge < -0.3 is 24.6 Å². The molecule has 168 valence electrons. The molecule has 0 heterocycles. The van der Waals surface area contributed by atoms with Gasteiger partial charge in [0, 0.05) is 17.7 Å². The van der Waals surface area contributed by atoms with Crippen LogP contribution >= 0.6 is 0 Å². The van der Waals surface area contributed by atoms with E-state index in [0.717, 1.165) is 11.1 Å². The Labute approximate surface area is 181 Å². The van der Waals surface area contributed by atoms with E-state index in [1.165, 1.54) is 26.4 Å². The first-order chi connectivity index (χ1) is 14.8. The molecule has 0 radical (unpaired) electrons. The molecule has 0 saturated carbocycles. The number of aryl methyl sites for hydroxylation is 1. The molecule has 31 heavy (non-hydrogen) atoms. The Morgan fingerprint density at radius 2 is 1.81 bits per heavy atom. The van der Waals surface area contributed by atoms with E-state index in [9.17, 15) is 14.0 Å².